The second-order valence-corrected chi connectivity index (χ2v) is 3.83. The number of halogens is 5. The van der Waals surface area contributed by atoms with Crippen LogP contribution in [0.3, 0.4) is 0 Å². The molecule has 0 aliphatic heterocycles. The van der Waals surface area contributed by atoms with E-state index in [1.165, 1.54) is 0 Å². The van der Waals surface area contributed by atoms with E-state index in [0.29, 0.717) is 4.47 Å². The van der Waals surface area contributed by atoms with E-state index in [1.54, 1.807) is 0 Å². The van der Waals surface area contributed by atoms with Gasteiger partial charge in [-0.3, -0.25) is 0 Å². The van der Waals surface area contributed by atoms with E-state index in [1.807, 2.05) is 0 Å². The van der Waals surface area contributed by atoms with Crippen LogP contribution in [-0.4, -0.2) is 4.98 Å². The smallest absolute Gasteiger partial charge is 0.397 e. The first-order chi connectivity index (χ1) is 5.84. The molecule has 1 rings (SSSR count). The summed E-state index contributed by atoms with van der Waals surface area (Å²) >= 11 is 5.69. The summed E-state index contributed by atoms with van der Waals surface area (Å²) in [7, 11) is 0. The van der Waals surface area contributed by atoms with Crippen molar-refractivity contribution in [3.05, 3.63) is 20.8 Å². The molecule has 0 saturated carbocycles. The van der Waals surface area contributed by atoms with Gasteiger partial charge >= 0.3 is 6.18 Å². The number of nitrogens with two attached hydrogens (primary N) is 1. The number of hydrogen-bond donors (Lipinski definition) is 1. The van der Waals surface area contributed by atoms with Crippen LogP contribution in [0.5, 0.6) is 0 Å². The lowest BCUT2D eigenvalue weighted by Gasteiger charge is -2.09. The van der Waals surface area contributed by atoms with Crippen LogP contribution in [0.2, 0.25) is 0 Å². The summed E-state index contributed by atoms with van der Waals surface area (Å²) < 4.78 is 36.7. The fourth-order valence-electron chi connectivity index (χ4n) is 0.677. The highest BCUT2D eigenvalue weighted by Crippen LogP contribution is 2.38. The Morgan fingerprint density at radius 2 is 1.85 bits per heavy atom. The summed E-state index contributed by atoms with van der Waals surface area (Å²) in [5, 5.41) is 0. The van der Waals surface area contributed by atoms with Gasteiger partial charge < -0.3 is 5.73 Å². The molecule has 2 nitrogen and oxygen atoms in total. The Kier molecular flexibility index (Phi) is 2.86. The fraction of sp³-hybridized carbons (Fsp3) is 0.167. The number of hydrogen-bond acceptors (Lipinski definition) is 2. The largest absolute Gasteiger partial charge is 0.434 e. The highest BCUT2D eigenvalue weighted by atomic mass is 79.9. The average Bonchev–Trinajstić information content (AvgIpc) is 1.98. The van der Waals surface area contributed by atoms with Crippen molar-refractivity contribution in [1.82, 2.24) is 4.98 Å². The molecule has 0 radical (unpaired) electrons. The number of nitrogens with zero attached hydrogens (tertiary/aromatic N) is 1. The van der Waals surface area contributed by atoms with Crippen LogP contribution in [0.4, 0.5) is 18.9 Å². The van der Waals surface area contributed by atoms with Crippen LogP contribution in [0.25, 0.3) is 0 Å². The fourth-order valence-corrected chi connectivity index (χ4v) is 1.78. The number of anilines is 1. The molecule has 0 aromatic carbocycles. The molecule has 1 heterocycles. The third-order valence-electron chi connectivity index (χ3n) is 1.28. The van der Waals surface area contributed by atoms with Gasteiger partial charge in [0.2, 0.25) is 0 Å². The van der Waals surface area contributed by atoms with E-state index < -0.39 is 11.9 Å². The van der Waals surface area contributed by atoms with Gasteiger partial charge in [-0.25, -0.2) is 4.98 Å². The molecule has 0 fully saturated rings. The van der Waals surface area contributed by atoms with Crippen LogP contribution in [0.15, 0.2) is 15.1 Å². The van der Waals surface area contributed by atoms with Crippen molar-refractivity contribution in [2.45, 2.75) is 6.18 Å². The van der Waals surface area contributed by atoms with Crippen molar-refractivity contribution in [3.8, 4) is 0 Å². The second kappa shape index (κ2) is 3.45. The van der Waals surface area contributed by atoms with Gasteiger partial charge in [0.25, 0.3) is 0 Å². The summed E-state index contributed by atoms with van der Waals surface area (Å²) in [6.45, 7) is 0. The van der Waals surface area contributed by atoms with Crippen molar-refractivity contribution in [2.75, 3.05) is 5.73 Å². The van der Waals surface area contributed by atoms with Crippen molar-refractivity contribution in [3.63, 3.8) is 0 Å². The van der Waals surface area contributed by atoms with E-state index in [0.717, 1.165) is 6.20 Å². The SMILES string of the molecule is Nc1c(Br)cnc(C(F)(F)F)c1Br. The Balaban J connectivity index is 3.35. The molecular formula is C6H3Br2F3N2. The maximum Gasteiger partial charge on any atom is 0.434 e. The Labute approximate surface area is 88.6 Å². The predicted octanol–water partition coefficient (Wildman–Crippen LogP) is 3.21. The highest BCUT2D eigenvalue weighted by molar-refractivity contribution is 9.11. The first kappa shape index (κ1) is 10.8. The van der Waals surface area contributed by atoms with Gasteiger partial charge in [0.05, 0.1) is 14.6 Å². The molecule has 13 heavy (non-hydrogen) atoms. The van der Waals surface area contributed by atoms with Gasteiger partial charge in [-0.2, -0.15) is 13.2 Å². The molecule has 0 atom stereocenters. The topological polar surface area (TPSA) is 38.9 Å². The summed E-state index contributed by atoms with van der Waals surface area (Å²) in [6, 6.07) is 0. The zero-order valence-electron chi connectivity index (χ0n) is 5.99. The Bertz CT molecular complexity index is 337. The number of rotatable bonds is 0. The quantitative estimate of drug-likeness (QED) is 0.797. The van der Waals surface area contributed by atoms with Crippen LogP contribution in [0.1, 0.15) is 5.69 Å². The summed E-state index contributed by atoms with van der Waals surface area (Å²) in [4.78, 5) is 3.21. The number of pyridine rings is 1. The maximum absolute atomic E-state index is 12.2. The maximum atomic E-state index is 12.2. The first-order valence-corrected chi connectivity index (χ1v) is 4.59. The molecule has 7 heteroatoms. The molecule has 0 aliphatic carbocycles. The summed E-state index contributed by atoms with van der Waals surface area (Å²) in [5.74, 6) is 0. The number of nitrogen functional groups attached to an aromatic ring is 1. The minimum absolute atomic E-state index is 0.0117. The molecule has 72 valence electrons. The van der Waals surface area contributed by atoms with Gasteiger partial charge in [0.15, 0.2) is 5.69 Å². The highest BCUT2D eigenvalue weighted by Gasteiger charge is 2.35. The van der Waals surface area contributed by atoms with Crippen molar-refractivity contribution in [1.29, 1.82) is 0 Å². The second-order valence-electron chi connectivity index (χ2n) is 2.18. The first-order valence-electron chi connectivity index (χ1n) is 3.00. The van der Waals surface area contributed by atoms with E-state index in [4.69, 9.17) is 5.73 Å². The van der Waals surface area contributed by atoms with Crippen molar-refractivity contribution in [2.24, 2.45) is 0 Å². The lowest BCUT2D eigenvalue weighted by molar-refractivity contribution is -0.141. The number of aromatic nitrogens is 1. The van der Waals surface area contributed by atoms with Crippen LogP contribution in [-0.2, 0) is 6.18 Å². The standard InChI is InChI=1S/C6H3Br2F3N2/c7-2-1-13-5(6(9,10)11)3(8)4(2)12/h1H,(H2,12,13). The molecule has 1 aromatic heterocycles. The molecule has 0 spiro atoms. The molecule has 0 bridgehead atoms. The average molecular weight is 320 g/mol. The predicted molar refractivity (Wildman–Crippen MR) is 49.1 cm³/mol. The molecule has 0 amide bonds. The molecular weight excluding hydrogens is 317 g/mol. The normalized spacial score (nSPS) is 11.8. The Hall–Kier alpha value is -0.300. The number of alkyl halides is 3. The third-order valence-corrected chi connectivity index (χ3v) is 2.71. The molecule has 0 aliphatic rings. The molecule has 2 N–H and O–H groups in total. The van der Waals surface area contributed by atoms with Crippen LogP contribution in [0, 0.1) is 0 Å². The van der Waals surface area contributed by atoms with Crippen molar-refractivity contribution < 1.29 is 13.2 Å². The Morgan fingerprint density at radius 1 is 1.31 bits per heavy atom. The van der Waals surface area contributed by atoms with Crippen LogP contribution >= 0.6 is 31.9 Å². The lowest BCUT2D eigenvalue weighted by Crippen LogP contribution is -2.10. The van der Waals surface area contributed by atoms with Gasteiger partial charge in [-0.15, -0.1) is 0 Å². The third kappa shape index (κ3) is 2.14. The minimum Gasteiger partial charge on any atom is -0.397 e. The van der Waals surface area contributed by atoms with E-state index in [-0.39, 0.29) is 10.2 Å². The zero-order valence-corrected chi connectivity index (χ0v) is 9.16. The zero-order chi connectivity index (χ0) is 10.2. The minimum atomic E-state index is -4.49. The van der Waals surface area contributed by atoms with Crippen molar-refractivity contribution >= 4 is 37.5 Å². The van der Waals surface area contributed by atoms with E-state index >= 15 is 0 Å². The van der Waals surface area contributed by atoms with Gasteiger partial charge in [-0.1, -0.05) is 0 Å². The Morgan fingerprint density at radius 3 is 2.31 bits per heavy atom. The monoisotopic (exact) mass is 318 g/mol. The molecule has 1 aromatic rings. The summed E-state index contributed by atoms with van der Waals surface area (Å²) in [6.07, 6.45) is -3.48. The molecule has 0 saturated heterocycles. The van der Waals surface area contributed by atoms with Gasteiger partial charge in [0, 0.05) is 6.20 Å². The van der Waals surface area contributed by atoms with E-state index in [2.05, 4.69) is 36.8 Å². The van der Waals surface area contributed by atoms with Gasteiger partial charge in [0.1, 0.15) is 0 Å². The van der Waals surface area contributed by atoms with E-state index in [9.17, 15) is 13.2 Å². The summed E-state index contributed by atoms with van der Waals surface area (Å²) in [5.41, 5.74) is 4.31. The molecule has 0 unspecified atom stereocenters. The lowest BCUT2D eigenvalue weighted by atomic mass is 10.3. The van der Waals surface area contributed by atoms with Crippen LogP contribution < -0.4 is 5.73 Å². The van der Waals surface area contributed by atoms with Gasteiger partial charge in [-0.05, 0) is 31.9 Å².